The molecule has 0 saturated carbocycles. The minimum atomic E-state index is 0.626. The first-order chi connectivity index (χ1) is 11.7. The van der Waals surface area contributed by atoms with E-state index in [9.17, 15) is 0 Å². The van der Waals surface area contributed by atoms with E-state index in [2.05, 4.69) is 66.0 Å². The van der Waals surface area contributed by atoms with E-state index in [-0.39, 0.29) is 0 Å². The van der Waals surface area contributed by atoms with Crippen LogP contribution in [0.4, 0.5) is 5.82 Å². The van der Waals surface area contributed by atoms with Gasteiger partial charge in [-0.25, -0.2) is 9.97 Å². The second-order valence-corrected chi connectivity index (χ2v) is 7.78. The SMILES string of the molecule is Cc1cc(N2CCC3CCN(Cc4ccccc4Br)C3C2)ncn1. The summed E-state index contributed by atoms with van der Waals surface area (Å²) in [6, 6.07) is 11.3. The van der Waals surface area contributed by atoms with Crippen molar-refractivity contribution >= 4 is 21.7 Å². The number of aryl methyl sites for hydroxylation is 1. The van der Waals surface area contributed by atoms with Gasteiger partial charge in [0.05, 0.1) is 0 Å². The Balaban J connectivity index is 1.50. The fourth-order valence-electron chi connectivity index (χ4n) is 4.09. The standard InChI is InChI=1S/C19H23BrN4/c1-14-10-19(22-13-21-14)24-9-7-15-6-8-23(18(15)12-24)11-16-4-2-3-5-17(16)20/h2-5,10,13,15,18H,6-9,11-12H2,1H3. The van der Waals surface area contributed by atoms with Crippen molar-refractivity contribution in [2.75, 3.05) is 24.5 Å². The fourth-order valence-corrected chi connectivity index (χ4v) is 4.50. The van der Waals surface area contributed by atoms with Crippen LogP contribution in [-0.4, -0.2) is 40.5 Å². The molecule has 0 aliphatic carbocycles. The van der Waals surface area contributed by atoms with E-state index in [1.54, 1.807) is 6.33 Å². The fraction of sp³-hybridized carbons (Fsp3) is 0.474. The number of piperidine rings is 1. The highest BCUT2D eigenvalue weighted by atomic mass is 79.9. The van der Waals surface area contributed by atoms with E-state index >= 15 is 0 Å². The van der Waals surface area contributed by atoms with Crippen LogP contribution in [0.5, 0.6) is 0 Å². The molecule has 0 spiro atoms. The third-order valence-corrected chi connectivity index (χ3v) is 6.20. The summed E-state index contributed by atoms with van der Waals surface area (Å²) in [6.07, 6.45) is 4.27. The lowest BCUT2D eigenvalue weighted by Crippen LogP contribution is -2.48. The molecule has 2 aliphatic rings. The van der Waals surface area contributed by atoms with Gasteiger partial charge in [0.1, 0.15) is 12.1 Å². The molecule has 2 aliphatic heterocycles. The predicted octanol–water partition coefficient (Wildman–Crippen LogP) is 3.65. The Hall–Kier alpha value is -1.46. The van der Waals surface area contributed by atoms with Crippen molar-refractivity contribution in [3.63, 3.8) is 0 Å². The van der Waals surface area contributed by atoms with E-state index in [1.165, 1.54) is 29.4 Å². The highest BCUT2D eigenvalue weighted by Crippen LogP contribution is 2.34. The number of aromatic nitrogens is 2. The van der Waals surface area contributed by atoms with Crippen LogP contribution in [0, 0.1) is 12.8 Å². The maximum Gasteiger partial charge on any atom is 0.132 e. The van der Waals surface area contributed by atoms with Crippen molar-refractivity contribution in [2.24, 2.45) is 5.92 Å². The van der Waals surface area contributed by atoms with E-state index in [4.69, 9.17) is 0 Å². The number of rotatable bonds is 3. The van der Waals surface area contributed by atoms with Crippen molar-refractivity contribution in [1.82, 2.24) is 14.9 Å². The van der Waals surface area contributed by atoms with Gasteiger partial charge in [-0.05, 0) is 43.9 Å². The average molecular weight is 387 g/mol. The van der Waals surface area contributed by atoms with Gasteiger partial charge >= 0.3 is 0 Å². The molecule has 126 valence electrons. The molecule has 4 rings (SSSR count). The molecule has 0 amide bonds. The highest BCUT2D eigenvalue weighted by molar-refractivity contribution is 9.10. The molecule has 24 heavy (non-hydrogen) atoms. The van der Waals surface area contributed by atoms with Crippen LogP contribution in [0.15, 0.2) is 41.1 Å². The minimum Gasteiger partial charge on any atom is -0.355 e. The minimum absolute atomic E-state index is 0.626. The molecular weight excluding hydrogens is 364 g/mol. The Labute approximate surface area is 152 Å². The number of hydrogen-bond donors (Lipinski definition) is 0. The molecule has 2 unspecified atom stereocenters. The molecule has 0 bridgehead atoms. The quantitative estimate of drug-likeness (QED) is 0.805. The number of fused-ring (bicyclic) bond motifs is 1. The molecule has 2 atom stereocenters. The maximum atomic E-state index is 4.49. The van der Waals surface area contributed by atoms with E-state index in [0.29, 0.717) is 6.04 Å². The molecular formula is C19H23BrN4. The van der Waals surface area contributed by atoms with Crippen molar-refractivity contribution in [3.8, 4) is 0 Å². The van der Waals surface area contributed by atoms with Gasteiger partial charge in [-0.15, -0.1) is 0 Å². The Morgan fingerprint density at radius 1 is 1.17 bits per heavy atom. The van der Waals surface area contributed by atoms with Gasteiger partial charge in [-0.2, -0.15) is 0 Å². The van der Waals surface area contributed by atoms with Gasteiger partial charge in [-0.3, -0.25) is 4.90 Å². The number of nitrogens with zero attached hydrogens (tertiary/aromatic N) is 4. The summed E-state index contributed by atoms with van der Waals surface area (Å²) in [5.41, 5.74) is 2.42. The number of hydrogen-bond acceptors (Lipinski definition) is 4. The Kier molecular flexibility index (Phi) is 4.55. The first kappa shape index (κ1) is 16.0. The monoisotopic (exact) mass is 386 g/mol. The summed E-state index contributed by atoms with van der Waals surface area (Å²) in [7, 11) is 0. The summed E-state index contributed by atoms with van der Waals surface area (Å²) >= 11 is 3.69. The first-order valence-corrected chi connectivity index (χ1v) is 9.51. The van der Waals surface area contributed by atoms with Crippen LogP contribution in [0.25, 0.3) is 0 Å². The van der Waals surface area contributed by atoms with Crippen molar-refractivity contribution in [1.29, 1.82) is 0 Å². The first-order valence-electron chi connectivity index (χ1n) is 8.72. The molecule has 2 saturated heterocycles. The second-order valence-electron chi connectivity index (χ2n) is 6.93. The molecule has 1 aromatic carbocycles. The largest absolute Gasteiger partial charge is 0.355 e. The molecule has 3 heterocycles. The van der Waals surface area contributed by atoms with Gasteiger partial charge in [-0.1, -0.05) is 34.1 Å². The lowest BCUT2D eigenvalue weighted by Gasteiger charge is -2.39. The topological polar surface area (TPSA) is 32.3 Å². The molecule has 2 fully saturated rings. The van der Waals surface area contributed by atoms with Crippen LogP contribution < -0.4 is 4.90 Å². The lowest BCUT2D eigenvalue weighted by molar-refractivity contribution is 0.200. The summed E-state index contributed by atoms with van der Waals surface area (Å²) in [4.78, 5) is 13.8. The Morgan fingerprint density at radius 2 is 2.00 bits per heavy atom. The number of benzene rings is 1. The van der Waals surface area contributed by atoms with Gasteiger partial charge in [0.15, 0.2) is 0 Å². The molecule has 0 radical (unpaired) electrons. The number of anilines is 1. The molecule has 4 nitrogen and oxygen atoms in total. The van der Waals surface area contributed by atoms with Crippen molar-refractivity contribution < 1.29 is 0 Å². The average Bonchev–Trinajstić information content (AvgIpc) is 2.99. The third kappa shape index (κ3) is 3.20. The van der Waals surface area contributed by atoms with Gasteiger partial charge in [0.25, 0.3) is 0 Å². The second kappa shape index (κ2) is 6.81. The summed E-state index contributed by atoms with van der Waals surface area (Å²) in [5.74, 6) is 1.90. The van der Waals surface area contributed by atoms with Crippen molar-refractivity contribution in [3.05, 3.63) is 52.4 Å². The molecule has 1 aromatic heterocycles. The molecule has 5 heteroatoms. The molecule has 0 N–H and O–H groups in total. The van der Waals surface area contributed by atoms with Crippen LogP contribution in [0.1, 0.15) is 24.1 Å². The van der Waals surface area contributed by atoms with Crippen LogP contribution in [-0.2, 0) is 6.54 Å². The van der Waals surface area contributed by atoms with Crippen LogP contribution in [0.3, 0.4) is 0 Å². The summed E-state index contributed by atoms with van der Waals surface area (Å²) < 4.78 is 1.22. The lowest BCUT2D eigenvalue weighted by atomic mass is 9.92. The van der Waals surface area contributed by atoms with E-state index in [1.807, 2.05) is 6.92 Å². The van der Waals surface area contributed by atoms with Gasteiger partial charge in [0, 0.05) is 41.9 Å². The van der Waals surface area contributed by atoms with Crippen LogP contribution >= 0.6 is 15.9 Å². The molecule has 2 aromatic rings. The Morgan fingerprint density at radius 3 is 2.83 bits per heavy atom. The van der Waals surface area contributed by atoms with Gasteiger partial charge < -0.3 is 4.90 Å². The zero-order valence-electron chi connectivity index (χ0n) is 14.0. The van der Waals surface area contributed by atoms with Gasteiger partial charge in [0.2, 0.25) is 0 Å². The zero-order valence-corrected chi connectivity index (χ0v) is 15.6. The normalized spacial score (nSPS) is 24.2. The predicted molar refractivity (Wildman–Crippen MR) is 100 cm³/mol. The van der Waals surface area contributed by atoms with E-state index in [0.717, 1.165) is 37.1 Å². The smallest absolute Gasteiger partial charge is 0.132 e. The summed E-state index contributed by atoms with van der Waals surface area (Å²) in [6.45, 7) is 6.45. The third-order valence-electron chi connectivity index (χ3n) is 5.42. The zero-order chi connectivity index (χ0) is 16.5. The summed E-state index contributed by atoms with van der Waals surface area (Å²) in [5, 5.41) is 0. The highest BCUT2D eigenvalue weighted by Gasteiger charge is 2.38. The number of likely N-dealkylation sites (tertiary alicyclic amines) is 1. The van der Waals surface area contributed by atoms with E-state index < -0.39 is 0 Å². The van der Waals surface area contributed by atoms with Crippen molar-refractivity contribution in [2.45, 2.75) is 32.4 Å². The number of halogens is 1. The van der Waals surface area contributed by atoms with Crippen LogP contribution in [0.2, 0.25) is 0 Å². The Bertz CT molecular complexity index is 720. The maximum absolute atomic E-state index is 4.49.